The van der Waals surface area contributed by atoms with Crippen molar-refractivity contribution in [2.24, 2.45) is 5.73 Å². The van der Waals surface area contributed by atoms with Gasteiger partial charge in [-0.25, -0.2) is 8.42 Å². The molecule has 1 aromatic carbocycles. The SMILES string of the molecule is CCCC(C)N(C)S(=O)(=O)c1ccc(Cl)c(CN)c1. The number of benzene rings is 1. The van der Waals surface area contributed by atoms with Crippen LogP contribution < -0.4 is 5.73 Å². The topological polar surface area (TPSA) is 63.4 Å². The maximum atomic E-state index is 12.5. The van der Waals surface area contributed by atoms with Crippen molar-refractivity contribution >= 4 is 21.6 Å². The standard InChI is InChI=1S/C13H21ClN2O2S/c1-4-5-10(2)16(3)19(17,18)12-6-7-13(14)11(8-12)9-15/h6-8,10H,4-5,9,15H2,1-3H3. The second kappa shape index (κ2) is 6.70. The number of nitrogens with two attached hydrogens (primary N) is 1. The highest BCUT2D eigenvalue weighted by Gasteiger charge is 2.25. The van der Waals surface area contributed by atoms with E-state index in [1.54, 1.807) is 19.2 Å². The third kappa shape index (κ3) is 3.69. The summed E-state index contributed by atoms with van der Waals surface area (Å²) < 4.78 is 26.3. The van der Waals surface area contributed by atoms with Crippen molar-refractivity contribution in [1.29, 1.82) is 0 Å². The van der Waals surface area contributed by atoms with Crippen LogP contribution in [0.5, 0.6) is 0 Å². The molecule has 0 aliphatic rings. The first-order valence-corrected chi connectivity index (χ1v) is 8.12. The average molecular weight is 305 g/mol. The van der Waals surface area contributed by atoms with Crippen molar-refractivity contribution in [3.63, 3.8) is 0 Å². The molecular weight excluding hydrogens is 284 g/mol. The summed E-state index contributed by atoms with van der Waals surface area (Å²) in [4.78, 5) is 0.239. The van der Waals surface area contributed by atoms with Crippen LogP contribution in [0.2, 0.25) is 5.02 Å². The smallest absolute Gasteiger partial charge is 0.243 e. The third-order valence-electron chi connectivity index (χ3n) is 3.24. The molecule has 2 N–H and O–H groups in total. The maximum absolute atomic E-state index is 12.5. The zero-order valence-electron chi connectivity index (χ0n) is 11.6. The molecule has 0 bridgehead atoms. The summed E-state index contributed by atoms with van der Waals surface area (Å²) in [7, 11) is -1.89. The quantitative estimate of drug-likeness (QED) is 0.878. The Balaban J connectivity index is 3.13. The zero-order chi connectivity index (χ0) is 14.6. The normalized spacial score (nSPS) is 13.8. The molecule has 6 heteroatoms. The molecule has 0 aliphatic carbocycles. The van der Waals surface area contributed by atoms with Gasteiger partial charge in [-0.05, 0) is 37.1 Å². The van der Waals surface area contributed by atoms with Crippen LogP contribution in [-0.4, -0.2) is 25.8 Å². The minimum atomic E-state index is -3.49. The van der Waals surface area contributed by atoms with Crippen molar-refractivity contribution in [2.45, 2.75) is 44.2 Å². The molecule has 4 nitrogen and oxygen atoms in total. The van der Waals surface area contributed by atoms with E-state index in [1.807, 2.05) is 13.8 Å². The molecule has 19 heavy (non-hydrogen) atoms. The Morgan fingerprint density at radius 1 is 1.42 bits per heavy atom. The van der Waals surface area contributed by atoms with E-state index in [0.29, 0.717) is 10.6 Å². The Hall–Kier alpha value is -0.620. The van der Waals surface area contributed by atoms with Gasteiger partial charge in [0.2, 0.25) is 10.0 Å². The van der Waals surface area contributed by atoms with Crippen LogP contribution in [0.4, 0.5) is 0 Å². The lowest BCUT2D eigenvalue weighted by Crippen LogP contribution is -2.35. The van der Waals surface area contributed by atoms with Crippen molar-refractivity contribution < 1.29 is 8.42 Å². The molecule has 0 saturated heterocycles. The van der Waals surface area contributed by atoms with Gasteiger partial charge in [0.25, 0.3) is 0 Å². The molecule has 1 rings (SSSR count). The highest BCUT2D eigenvalue weighted by Crippen LogP contribution is 2.23. The number of nitrogens with zero attached hydrogens (tertiary/aromatic N) is 1. The van der Waals surface area contributed by atoms with E-state index in [-0.39, 0.29) is 17.5 Å². The largest absolute Gasteiger partial charge is 0.326 e. The number of halogens is 1. The molecule has 0 saturated carbocycles. The number of rotatable bonds is 6. The summed E-state index contributed by atoms with van der Waals surface area (Å²) in [6.45, 7) is 4.16. The van der Waals surface area contributed by atoms with E-state index >= 15 is 0 Å². The Bertz CT molecular complexity index is 531. The molecule has 0 spiro atoms. The molecule has 0 fully saturated rings. The Morgan fingerprint density at radius 2 is 2.05 bits per heavy atom. The van der Waals surface area contributed by atoms with E-state index in [2.05, 4.69) is 0 Å². The van der Waals surface area contributed by atoms with Gasteiger partial charge in [-0.1, -0.05) is 24.9 Å². The monoisotopic (exact) mass is 304 g/mol. The first-order valence-electron chi connectivity index (χ1n) is 6.31. The Labute approximate surface area is 120 Å². The van der Waals surface area contributed by atoms with Gasteiger partial charge in [0, 0.05) is 24.7 Å². The van der Waals surface area contributed by atoms with Crippen molar-refractivity contribution in [3.05, 3.63) is 28.8 Å². The van der Waals surface area contributed by atoms with Crippen LogP contribution >= 0.6 is 11.6 Å². The molecule has 108 valence electrons. The predicted molar refractivity (Wildman–Crippen MR) is 78.7 cm³/mol. The minimum absolute atomic E-state index is 0.0352. The van der Waals surface area contributed by atoms with Crippen molar-refractivity contribution in [3.8, 4) is 0 Å². The number of hydrogen-bond donors (Lipinski definition) is 1. The molecule has 1 aromatic rings. The van der Waals surface area contributed by atoms with E-state index in [9.17, 15) is 8.42 Å². The molecular formula is C13H21ClN2O2S. The minimum Gasteiger partial charge on any atom is -0.326 e. The summed E-state index contributed by atoms with van der Waals surface area (Å²) in [6.07, 6.45) is 1.77. The molecule has 1 atom stereocenters. The average Bonchev–Trinajstić information content (AvgIpc) is 2.38. The van der Waals surface area contributed by atoms with E-state index in [0.717, 1.165) is 12.8 Å². The Morgan fingerprint density at radius 3 is 2.58 bits per heavy atom. The van der Waals surface area contributed by atoms with Gasteiger partial charge in [0.15, 0.2) is 0 Å². The van der Waals surface area contributed by atoms with Gasteiger partial charge >= 0.3 is 0 Å². The summed E-state index contributed by atoms with van der Waals surface area (Å²) in [6, 6.07) is 4.61. The first-order chi connectivity index (χ1) is 8.84. The summed E-state index contributed by atoms with van der Waals surface area (Å²) >= 11 is 5.95. The van der Waals surface area contributed by atoms with Crippen molar-refractivity contribution in [1.82, 2.24) is 4.31 Å². The van der Waals surface area contributed by atoms with Crippen LogP contribution in [0.25, 0.3) is 0 Å². The van der Waals surface area contributed by atoms with Gasteiger partial charge in [-0.2, -0.15) is 4.31 Å². The fourth-order valence-electron chi connectivity index (χ4n) is 1.87. The Kier molecular flexibility index (Phi) is 5.80. The van der Waals surface area contributed by atoms with Crippen LogP contribution in [0.1, 0.15) is 32.3 Å². The van der Waals surface area contributed by atoms with Crippen LogP contribution in [0.15, 0.2) is 23.1 Å². The lowest BCUT2D eigenvalue weighted by Gasteiger charge is -2.24. The first kappa shape index (κ1) is 16.4. The second-order valence-electron chi connectivity index (χ2n) is 4.62. The fourth-order valence-corrected chi connectivity index (χ4v) is 3.51. The lowest BCUT2D eigenvalue weighted by molar-refractivity contribution is 0.368. The van der Waals surface area contributed by atoms with Crippen LogP contribution in [0, 0.1) is 0 Å². The molecule has 1 unspecified atom stereocenters. The van der Waals surface area contributed by atoms with Crippen molar-refractivity contribution in [2.75, 3.05) is 7.05 Å². The molecule has 0 radical (unpaired) electrons. The molecule has 0 heterocycles. The predicted octanol–water partition coefficient (Wildman–Crippen LogP) is 2.61. The van der Waals surface area contributed by atoms with Crippen LogP contribution in [-0.2, 0) is 16.6 Å². The fraction of sp³-hybridized carbons (Fsp3) is 0.538. The van der Waals surface area contributed by atoms with Gasteiger partial charge < -0.3 is 5.73 Å². The maximum Gasteiger partial charge on any atom is 0.243 e. The van der Waals surface area contributed by atoms with E-state index in [4.69, 9.17) is 17.3 Å². The zero-order valence-corrected chi connectivity index (χ0v) is 13.1. The van der Waals surface area contributed by atoms with Gasteiger partial charge in [-0.15, -0.1) is 0 Å². The van der Waals surface area contributed by atoms with Gasteiger partial charge in [-0.3, -0.25) is 0 Å². The molecule has 0 aromatic heterocycles. The summed E-state index contributed by atoms with van der Waals surface area (Å²) in [5.41, 5.74) is 6.19. The second-order valence-corrected chi connectivity index (χ2v) is 7.02. The summed E-state index contributed by atoms with van der Waals surface area (Å²) in [5.74, 6) is 0. The van der Waals surface area contributed by atoms with E-state index < -0.39 is 10.0 Å². The van der Waals surface area contributed by atoms with Gasteiger partial charge in [0.1, 0.15) is 0 Å². The highest BCUT2D eigenvalue weighted by molar-refractivity contribution is 7.89. The molecule has 0 amide bonds. The lowest BCUT2D eigenvalue weighted by atomic mass is 10.2. The van der Waals surface area contributed by atoms with E-state index in [1.165, 1.54) is 10.4 Å². The summed E-state index contributed by atoms with van der Waals surface area (Å²) in [5, 5.41) is 0.491. The number of sulfonamides is 1. The van der Waals surface area contributed by atoms with Gasteiger partial charge in [0.05, 0.1) is 4.90 Å². The number of hydrogen-bond acceptors (Lipinski definition) is 3. The van der Waals surface area contributed by atoms with Crippen LogP contribution in [0.3, 0.4) is 0 Å². The molecule has 0 aliphatic heterocycles. The third-order valence-corrected chi connectivity index (χ3v) is 5.58. The highest BCUT2D eigenvalue weighted by atomic mass is 35.5.